The lowest BCUT2D eigenvalue weighted by atomic mass is 9.79. The third-order valence-electron chi connectivity index (χ3n) is 4.80. The molecule has 9 nitrogen and oxygen atoms in total. The third-order valence-corrected chi connectivity index (χ3v) is 4.80. The molecule has 0 bridgehead atoms. The highest BCUT2D eigenvalue weighted by Gasteiger charge is 2.37. The van der Waals surface area contributed by atoms with E-state index in [1.807, 2.05) is 21.0 Å². The van der Waals surface area contributed by atoms with Crippen LogP contribution in [0.3, 0.4) is 0 Å². The zero-order chi connectivity index (χ0) is 22.5. The maximum atomic E-state index is 12.6. The highest BCUT2D eigenvalue weighted by Crippen LogP contribution is 2.32. The van der Waals surface area contributed by atoms with Crippen molar-refractivity contribution in [3.63, 3.8) is 0 Å². The molecule has 0 aromatic heterocycles. The Morgan fingerprint density at radius 2 is 1.66 bits per heavy atom. The Labute approximate surface area is 173 Å². The number of ether oxygens (including phenoxy) is 3. The summed E-state index contributed by atoms with van der Waals surface area (Å²) in [7, 11) is 3.84. The number of esters is 2. The Morgan fingerprint density at radius 3 is 2.21 bits per heavy atom. The van der Waals surface area contributed by atoms with E-state index >= 15 is 0 Å². The van der Waals surface area contributed by atoms with E-state index in [0.717, 1.165) is 0 Å². The molecule has 0 aromatic rings. The number of nitrogens with zero attached hydrogens (tertiary/aromatic N) is 1. The smallest absolute Gasteiger partial charge is 0.312 e. The van der Waals surface area contributed by atoms with E-state index in [2.05, 4.69) is 0 Å². The van der Waals surface area contributed by atoms with E-state index in [4.69, 9.17) is 24.4 Å². The molecule has 0 aliphatic heterocycles. The van der Waals surface area contributed by atoms with Crippen molar-refractivity contribution in [3.8, 4) is 0 Å². The largest absolute Gasteiger partial charge is 0.481 e. The van der Waals surface area contributed by atoms with Crippen LogP contribution in [0.15, 0.2) is 12.0 Å². The summed E-state index contributed by atoms with van der Waals surface area (Å²) in [6.07, 6.45) is 2.32. The molecule has 0 heterocycles. The molecule has 0 radical (unpaired) electrons. The molecule has 170 valence electrons. The molecule has 0 aromatic carbocycles. The first-order chi connectivity index (χ1) is 13.5. The first-order valence-corrected chi connectivity index (χ1v) is 9.91. The van der Waals surface area contributed by atoms with Crippen molar-refractivity contribution < 1.29 is 43.6 Å². The summed E-state index contributed by atoms with van der Waals surface area (Å²) in [5.41, 5.74) is -0.814. The number of aliphatic hydroxyl groups excluding tert-OH is 3. The predicted octanol–water partition coefficient (Wildman–Crippen LogP) is 0.992. The van der Waals surface area contributed by atoms with Gasteiger partial charge in [0.25, 0.3) is 5.95 Å². The van der Waals surface area contributed by atoms with Crippen LogP contribution in [-0.2, 0) is 23.8 Å². The Kier molecular flexibility index (Phi) is 12.5. The van der Waals surface area contributed by atoms with Crippen LogP contribution in [0.4, 0.5) is 0 Å². The molecule has 2 atom stereocenters. The van der Waals surface area contributed by atoms with Crippen molar-refractivity contribution in [3.05, 3.63) is 12.0 Å². The van der Waals surface area contributed by atoms with Gasteiger partial charge in [-0.2, -0.15) is 0 Å². The van der Waals surface area contributed by atoms with Crippen LogP contribution in [0.5, 0.6) is 0 Å². The quantitative estimate of drug-likeness (QED) is 0.204. The summed E-state index contributed by atoms with van der Waals surface area (Å²) in [6, 6.07) is 0. The normalized spacial score (nSPS) is 15.3. The number of carbonyl (C=O) groups is 2. The van der Waals surface area contributed by atoms with Crippen molar-refractivity contribution in [2.24, 2.45) is 11.3 Å². The Morgan fingerprint density at radius 1 is 1.07 bits per heavy atom. The standard InChI is InChI=1S/C20H37NO8/c1-6-20(3,15-16(2)18(25)28-14-11-23)19(26)29-12-9-21(4,5)8-7-17(24)27-13-10-22/h7,16,22-23H,6,8-15H2,1-5H3/p+1/b17-7+. The molecule has 0 amide bonds. The lowest BCUT2D eigenvalue weighted by Crippen LogP contribution is -2.43. The van der Waals surface area contributed by atoms with Gasteiger partial charge in [0.05, 0.1) is 44.7 Å². The summed E-state index contributed by atoms with van der Waals surface area (Å²) in [5, 5.41) is 27.0. The average Bonchev–Trinajstić information content (AvgIpc) is 2.68. The number of rotatable bonds is 15. The van der Waals surface area contributed by atoms with E-state index in [1.54, 1.807) is 13.8 Å². The minimum absolute atomic E-state index is 0.0228. The SMILES string of the molecule is CCC(C)(CC(C)C(=O)OCCO)C(=O)OCC[N+](C)(C)C/C=C(\O)OCCO. The van der Waals surface area contributed by atoms with E-state index < -0.39 is 17.3 Å². The second-order valence-electron chi connectivity index (χ2n) is 8.00. The minimum atomic E-state index is -0.814. The number of hydrogen-bond donors (Lipinski definition) is 3. The first kappa shape index (κ1) is 27.2. The molecule has 0 fully saturated rings. The summed E-state index contributed by atoms with van der Waals surface area (Å²) in [6.45, 7) is 6.04. The lowest BCUT2D eigenvalue weighted by Gasteiger charge is -2.31. The van der Waals surface area contributed by atoms with Gasteiger partial charge in [0.2, 0.25) is 0 Å². The molecular weight excluding hydrogens is 382 g/mol. The molecule has 2 unspecified atom stereocenters. The number of carbonyl (C=O) groups excluding carboxylic acids is 2. The summed E-state index contributed by atoms with van der Waals surface area (Å²) >= 11 is 0. The fourth-order valence-electron chi connectivity index (χ4n) is 2.60. The van der Waals surface area contributed by atoms with Crippen molar-refractivity contribution in [1.82, 2.24) is 0 Å². The van der Waals surface area contributed by atoms with Crippen LogP contribution in [0.2, 0.25) is 0 Å². The van der Waals surface area contributed by atoms with Crippen molar-refractivity contribution >= 4 is 11.9 Å². The molecular formula is C20H38NO8+. The fourth-order valence-corrected chi connectivity index (χ4v) is 2.60. The van der Waals surface area contributed by atoms with Crippen molar-refractivity contribution in [2.75, 3.05) is 60.2 Å². The van der Waals surface area contributed by atoms with Gasteiger partial charge < -0.3 is 34.0 Å². The van der Waals surface area contributed by atoms with Crippen LogP contribution >= 0.6 is 0 Å². The lowest BCUT2D eigenvalue weighted by molar-refractivity contribution is -0.884. The van der Waals surface area contributed by atoms with Gasteiger partial charge in [-0.25, -0.2) is 0 Å². The minimum Gasteiger partial charge on any atom is -0.481 e. The number of quaternary nitrogens is 1. The van der Waals surface area contributed by atoms with Gasteiger partial charge in [-0.15, -0.1) is 0 Å². The van der Waals surface area contributed by atoms with Gasteiger partial charge in [-0.3, -0.25) is 9.59 Å². The molecule has 9 heteroatoms. The molecule has 0 saturated carbocycles. The molecule has 0 spiro atoms. The van der Waals surface area contributed by atoms with Gasteiger partial charge in [0, 0.05) is 0 Å². The molecule has 0 aliphatic rings. The Balaban J connectivity index is 4.61. The number of likely N-dealkylation sites (N-methyl/N-ethyl adjacent to an activating group) is 1. The highest BCUT2D eigenvalue weighted by atomic mass is 16.6. The van der Waals surface area contributed by atoms with Gasteiger partial charge in [0.15, 0.2) is 0 Å². The number of hydrogen-bond acceptors (Lipinski definition) is 8. The van der Waals surface area contributed by atoms with Gasteiger partial charge in [-0.1, -0.05) is 13.8 Å². The Bertz CT molecular complexity index is 535. The van der Waals surface area contributed by atoms with Crippen molar-refractivity contribution in [2.45, 2.75) is 33.6 Å². The molecule has 0 rings (SSSR count). The third kappa shape index (κ3) is 11.1. The zero-order valence-corrected chi connectivity index (χ0v) is 18.3. The topological polar surface area (TPSA) is 123 Å². The zero-order valence-electron chi connectivity index (χ0n) is 18.3. The molecule has 0 aliphatic carbocycles. The van der Waals surface area contributed by atoms with E-state index in [1.165, 1.54) is 6.08 Å². The summed E-state index contributed by atoms with van der Waals surface area (Å²) in [4.78, 5) is 24.5. The average molecular weight is 421 g/mol. The van der Waals surface area contributed by atoms with Crippen LogP contribution in [0.1, 0.15) is 33.6 Å². The second kappa shape index (κ2) is 13.4. The molecule has 0 saturated heterocycles. The van der Waals surface area contributed by atoms with E-state index in [0.29, 0.717) is 30.4 Å². The maximum absolute atomic E-state index is 12.6. The van der Waals surface area contributed by atoms with E-state index in [-0.39, 0.29) is 44.9 Å². The van der Waals surface area contributed by atoms with E-state index in [9.17, 15) is 14.7 Å². The predicted molar refractivity (Wildman–Crippen MR) is 107 cm³/mol. The fraction of sp³-hybridized carbons (Fsp3) is 0.800. The highest BCUT2D eigenvalue weighted by molar-refractivity contribution is 5.78. The first-order valence-electron chi connectivity index (χ1n) is 9.91. The Hall–Kier alpha value is -1.84. The summed E-state index contributed by atoms with van der Waals surface area (Å²) < 4.78 is 15.7. The van der Waals surface area contributed by atoms with Crippen LogP contribution < -0.4 is 0 Å². The maximum Gasteiger partial charge on any atom is 0.312 e. The monoisotopic (exact) mass is 420 g/mol. The van der Waals surface area contributed by atoms with Gasteiger partial charge >= 0.3 is 11.9 Å². The van der Waals surface area contributed by atoms with Crippen LogP contribution in [-0.4, -0.2) is 92.0 Å². The van der Waals surface area contributed by atoms with Gasteiger partial charge in [-0.05, 0) is 19.8 Å². The summed E-state index contributed by atoms with van der Waals surface area (Å²) in [5.74, 6) is -1.55. The van der Waals surface area contributed by atoms with Crippen molar-refractivity contribution in [1.29, 1.82) is 0 Å². The van der Waals surface area contributed by atoms with Gasteiger partial charge in [0.1, 0.15) is 32.9 Å². The second-order valence-corrected chi connectivity index (χ2v) is 8.00. The van der Waals surface area contributed by atoms with Crippen LogP contribution in [0, 0.1) is 11.3 Å². The number of aliphatic hydroxyl groups is 3. The van der Waals surface area contributed by atoms with Crippen LogP contribution in [0.25, 0.3) is 0 Å². The molecule has 29 heavy (non-hydrogen) atoms. The molecule has 3 N–H and O–H groups in total.